The highest BCUT2D eigenvalue weighted by Crippen LogP contribution is 2.17. The number of halogens is 2. The highest BCUT2D eigenvalue weighted by molar-refractivity contribution is 5.77. The Kier molecular flexibility index (Phi) is 5.82. The summed E-state index contributed by atoms with van der Waals surface area (Å²) < 4.78 is 26.2. The summed E-state index contributed by atoms with van der Waals surface area (Å²) in [5.41, 5.74) is 1.14. The number of aliphatic hydroxyl groups is 1. The molecule has 5 heteroatoms. The number of rotatable bonds is 6. The Morgan fingerprint density at radius 3 is 2.43 bits per heavy atom. The number of carbonyl (C=O) groups is 1. The molecule has 2 aromatic carbocycles. The third kappa shape index (κ3) is 5.45. The van der Waals surface area contributed by atoms with Gasteiger partial charge in [-0.05, 0) is 48.7 Å². The Balaban J connectivity index is 1.86. The quantitative estimate of drug-likeness (QED) is 0.859. The minimum absolute atomic E-state index is 0.156. The molecule has 2 atom stereocenters. The maximum Gasteiger partial charge on any atom is 0.223 e. The second-order valence-corrected chi connectivity index (χ2v) is 5.58. The molecule has 0 aliphatic heterocycles. The van der Waals surface area contributed by atoms with Gasteiger partial charge in [0.1, 0.15) is 11.6 Å². The van der Waals surface area contributed by atoms with Crippen LogP contribution < -0.4 is 5.32 Å². The fraction of sp³-hybridized carbons (Fsp3) is 0.278. The van der Waals surface area contributed by atoms with E-state index in [1.54, 1.807) is 25.1 Å². The standard InChI is InChI=1S/C18H19F2NO2/c1-12(8-13-4-2-6-15(19)9-13)21-18(23)11-17(22)14-5-3-7-16(20)10-14/h2-7,9-10,12,17,22H,8,11H2,1H3,(H,21,23). The first-order chi connectivity index (χ1) is 10.9. The number of aliphatic hydroxyl groups excluding tert-OH is 1. The number of hydrogen-bond acceptors (Lipinski definition) is 2. The molecule has 0 aromatic heterocycles. The summed E-state index contributed by atoms with van der Waals surface area (Å²) in [6, 6.07) is 11.5. The molecule has 0 aliphatic rings. The van der Waals surface area contributed by atoms with Crippen LogP contribution in [-0.4, -0.2) is 17.1 Å². The normalized spacial score (nSPS) is 13.4. The molecule has 0 aliphatic carbocycles. The average Bonchev–Trinajstić information content (AvgIpc) is 2.46. The van der Waals surface area contributed by atoms with E-state index in [2.05, 4.69) is 5.32 Å². The fourth-order valence-electron chi connectivity index (χ4n) is 2.41. The van der Waals surface area contributed by atoms with E-state index in [4.69, 9.17) is 0 Å². The van der Waals surface area contributed by atoms with Crippen molar-refractivity contribution in [1.29, 1.82) is 0 Å². The first-order valence-corrected chi connectivity index (χ1v) is 7.41. The van der Waals surface area contributed by atoms with Crippen LogP contribution in [0.25, 0.3) is 0 Å². The van der Waals surface area contributed by atoms with Gasteiger partial charge in [-0.15, -0.1) is 0 Å². The molecule has 122 valence electrons. The average molecular weight is 319 g/mol. The number of carbonyl (C=O) groups excluding carboxylic acids is 1. The highest BCUT2D eigenvalue weighted by atomic mass is 19.1. The van der Waals surface area contributed by atoms with Crippen LogP contribution in [0.1, 0.15) is 30.6 Å². The van der Waals surface area contributed by atoms with Crippen molar-refractivity contribution >= 4 is 5.91 Å². The third-order valence-corrected chi connectivity index (χ3v) is 3.45. The van der Waals surface area contributed by atoms with E-state index >= 15 is 0 Å². The fourth-order valence-corrected chi connectivity index (χ4v) is 2.41. The molecule has 2 rings (SSSR count). The molecule has 0 saturated carbocycles. The van der Waals surface area contributed by atoms with Crippen LogP contribution in [0.3, 0.4) is 0 Å². The zero-order chi connectivity index (χ0) is 16.8. The monoisotopic (exact) mass is 319 g/mol. The van der Waals surface area contributed by atoms with Crippen molar-refractivity contribution < 1.29 is 18.7 Å². The van der Waals surface area contributed by atoms with E-state index < -0.39 is 11.9 Å². The van der Waals surface area contributed by atoms with Crippen molar-refractivity contribution in [2.45, 2.75) is 31.9 Å². The van der Waals surface area contributed by atoms with Gasteiger partial charge < -0.3 is 10.4 Å². The Bertz CT molecular complexity index is 676. The second kappa shape index (κ2) is 7.83. The van der Waals surface area contributed by atoms with Crippen molar-refractivity contribution in [2.24, 2.45) is 0 Å². The first kappa shape index (κ1) is 17.1. The van der Waals surface area contributed by atoms with Crippen molar-refractivity contribution in [3.05, 3.63) is 71.3 Å². The lowest BCUT2D eigenvalue weighted by Crippen LogP contribution is -2.34. The van der Waals surface area contributed by atoms with Gasteiger partial charge in [0, 0.05) is 6.04 Å². The van der Waals surface area contributed by atoms with Gasteiger partial charge in [-0.3, -0.25) is 4.79 Å². The first-order valence-electron chi connectivity index (χ1n) is 7.41. The van der Waals surface area contributed by atoms with E-state index in [1.807, 2.05) is 0 Å². The molecule has 0 heterocycles. The van der Waals surface area contributed by atoms with Crippen molar-refractivity contribution in [1.82, 2.24) is 5.32 Å². The molecule has 3 nitrogen and oxygen atoms in total. The molecular weight excluding hydrogens is 300 g/mol. The lowest BCUT2D eigenvalue weighted by atomic mass is 10.0. The van der Waals surface area contributed by atoms with Crippen molar-refractivity contribution in [2.75, 3.05) is 0 Å². The molecule has 2 unspecified atom stereocenters. The smallest absolute Gasteiger partial charge is 0.223 e. The number of nitrogens with one attached hydrogen (secondary N) is 1. The predicted octanol–water partition coefficient (Wildman–Crippen LogP) is 3.14. The minimum atomic E-state index is -1.06. The van der Waals surface area contributed by atoms with Crippen LogP contribution in [0.2, 0.25) is 0 Å². The Labute approximate surface area is 134 Å². The van der Waals surface area contributed by atoms with Gasteiger partial charge in [0.05, 0.1) is 12.5 Å². The zero-order valence-electron chi connectivity index (χ0n) is 12.8. The largest absolute Gasteiger partial charge is 0.388 e. The lowest BCUT2D eigenvalue weighted by molar-refractivity contribution is -0.123. The van der Waals surface area contributed by atoms with E-state index in [0.29, 0.717) is 12.0 Å². The van der Waals surface area contributed by atoms with E-state index in [1.165, 1.54) is 30.3 Å². The van der Waals surface area contributed by atoms with Gasteiger partial charge in [-0.25, -0.2) is 8.78 Å². The topological polar surface area (TPSA) is 49.3 Å². The van der Waals surface area contributed by atoms with Gasteiger partial charge in [0.15, 0.2) is 0 Å². The van der Waals surface area contributed by atoms with Crippen LogP contribution in [0.15, 0.2) is 48.5 Å². The summed E-state index contributed by atoms with van der Waals surface area (Å²) in [4.78, 5) is 11.9. The molecule has 1 amide bonds. The molecule has 2 aromatic rings. The Morgan fingerprint density at radius 2 is 1.78 bits per heavy atom. The van der Waals surface area contributed by atoms with Crippen LogP contribution in [0.5, 0.6) is 0 Å². The molecule has 0 saturated heterocycles. The zero-order valence-corrected chi connectivity index (χ0v) is 12.8. The number of benzene rings is 2. The predicted molar refractivity (Wildman–Crippen MR) is 83.7 cm³/mol. The van der Waals surface area contributed by atoms with Gasteiger partial charge in [-0.1, -0.05) is 24.3 Å². The third-order valence-electron chi connectivity index (χ3n) is 3.45. The Hall–Kier alpha value is -2.27. The summed E-state index contributed by atoms with van der Waals surface area (Å²) in [5.74, 6) is -1.12. The van der Waals surface area contributed by atoms with Crippen molar-refractivity contribution in [3.8, 4) is 0 Å². The van der Waals surface area contributed by atoms with Crippen LogP contribution in [0, 0.1) is 11.6 Å². The molecule has 0 spiro atoms. The number of hydrogen-bond donors (Lipinski definition) is 2. The maximum atomic E-state index is 13.1. The van der Waals surface area contributed by atoms with Gasteiger partial charge in [0.25, 0.3) is 0 Å². The molecule has 23 heavy (non-hydrogen) atoms. The molecule has 0 bridgehead atoms. The molecular formula is C18H19F2NO2. The summed E-state index contributed by atoms with van der Waals surface area (Å²) in [6.45, 7) is 1.80. The van der Waals surface area contributed by atoms with Crippen LogP contribution >= 0.6 is 0 Å². The van der Waals surface area contributed by atoms with Crippen molar-refractivity contribution in [3.63, 3.8) is 0 Å². The van der Waals surface area contributed by atoms with E-state index in [9.17, 15) is 18.7 Å². The van der Waals surface area contributed by atoms with E-state index in [-0.39, 0.29) is 24.2 Å². The van der Waals surface area contributed by atoms with Crippen LogP contribution in [0.4, 0.5) is 8.78 Å². The van der Waals surface area contributed by atoms with Gasteiger partial charge >= 0.3 is 0 Å². The van der Waals surface area contributed by atoms with Gasteiger partial charge in [-0.2, -0.15) is 0 Å². The second-order valence-electron chi connectivity index (χ2n) is 5.58. The summed E-state index contributed by atoms with van der Waals surface area (Å²) in [6.07, 6.45) is -0.733. The number of amides is 1. The molecule has 0 radical (unpaired) electrons. The molecule has 2 N–H and O–H groups in total. The van der Waals surface area contributed by atoms with Gasteiger partial charge in [0.2, 0.25) is 5.91 Å². The Morgan fingerprint density at radius 1 is 1.13 bits per heavy atom. The van der Waals surface area contributed by atoms with Crippen LogP contribution in [-0.2, 0) is 11.2 Å². The maximum absolute atomic E-state index is 13.1. The molecule has 0 fully saturated rings. The summed E-state index contributed by atoms with van der Waals surface area (Å²) in [5, 5.41) is 12.7. The SMILES string of the molecule is CC(Cc1cccc(F)c1)NC(=O)CC(O)c1cccc(F)c1. The summed E-state index contributed by atoms with van der Waals surface area (Å²) in [7, 11) is 0. The highest BCUT2D eigenvalue weighted by Gasteiger charge is 2.15. The minimum Gasteiger partial charge on any atom is -0.388 e. The van der Waals surface area contributed by atoms with E-state index in [0.717, 1.165) is 5.56 Å². The lowest BCUT2D eigenvalue weighted by Gasteiger charge is -2.16. The summed E-state index contributed by atoms with van der Waals surface area (Å²) >= 11 is 0.